The van der Waals surface area contributed by atoms with Crippen LogP contribution >= 0.6 is 11.3 Å². The van der Waals surface area contributed by atoms with Crippen molar-refractivity contribution in [3.63, 3.8) is 0 Å². The molecule has 6 nitrogen and oxygen atoms in total. The van der Waals surface area contributed by atoms with Gasteiger partial charge in [-0.3, -0.25) is 9.59 Å². The van der Waals surface area contributed by atoms with Gasteiger partial charge in [-0.15, -0.1) is 11.3 Å². The first kappa shape index (κ1) is 18.1. The molecular weight excluding hydrogens is 348 g/mol. The van der Waals surface area contributed by atoms with Crippen molar-refractivity contribution in [2.24, 2.45) is 0 Å². The molecule has 0 aromatic carbocycles. The molecule has 0 N–H and O–H groups in total. The number of hydrogen-bond donors (Lipinski definition) is 0. The summed E-state index contributed by atoms with van der Waals surface area (Å²) in [5.41, 5.74) is 0.545. The van der Waals surface area contributed by atoms with Crippen LogP contribution in [0.15, 0.2) is 30.5 Å². The summed E-state index contributed by atoms with van der Waals surface area (Å²) in [7, 11) is 0. The quantitative estimate of drug-likeness (QED) is 0.758. The highest BCUT2D eigenvalue weighted by Gasteiger charge is 2.23. The molecule has 3 rings (SSSR count). The van der Waals surface area contributed by atoms with Gasteiger partial charge in [0.2, 0.25) is 5.91 Å². The van der Waals surface area contributed by atoms with Crippen molar-refractivity contribution in [2.45, 2.75) is 19.8 Å². The van der Waals surface area contributed by atoms with Gasteiger partial charge < -0.3 is 9.80 Å². The Morgan fingerprint density at radius 2 is 1.96 bits per heavy atom. The Balaban J connectivity index is 1.51. The first-order valence-electron chi connectivity index (χ1n) is 8.56. The van der Waals surface area contributed by atoms with Gasteiger partial charge in [0.15, 0.2) is 5.78 Å². The molecule has 0 atom stereocenters. The minimum absolute atomic E-state index is 0.00723. The molecule has 0 bridgehead atoms. The SMILES string of the molecule is Cc1ccc(C(=O)CCC(=O)N2CCN(c3ncccc3C#N)CC2)s1. The number of carbonyl (C=O) groups excluding carboxylic acids is 2. The molecule has 1 aliphatic heterocycles. The third-order valence-electron chi connectivity index (χ3n) is 4.42. The Morgan fingerprint density at radius 3 is 2.62 bits per heavy atom. The van der Waals surface area contributed by atoms with E-state index >= 15 is 0 Å². The molecular formula is C19H20N4O2S. The van der Waals surface area contributed by atoms with Crippen molar-refractivity contribution in [3.8, 4) is 6.07 Å². The molecule has 1 fully saturated rings. The molecule has 0 radical (unpaired) electrons. The molecule has 1 saturated heterocycles. The van der Waals surface area contributed by atoms with E-state index in [1.54, 1.807) is 23.2 Å². The molecule has 134 valence electrons. The lowest BCUT2D eigenvalue weighted by atomic mass is 10.1. The van der Waals surface area contributed by atoms with Gasteiger partial charge in [-0.05, 0) is 31.2 Å². The highest BCUT2D eigenvalue weighted by Crippen LogP contribution is 2.20. The van der Waals surface area contributed by atoms with Crippen molar-refractivity contribution in [2.75, 3.05) is 31.1 Å². The Hall–Kier alpha value is -2.72. The third-order valence-corrected chi connectivity index (χ3v) is 5.46. The zero-order valence-electron chi connectivity index (χ0n) is 14.6. The maximum Gasteiger partial charge on any atom is 0.223 e. The standard InChI is InChI=1S/C19H20N4O2S/c1-14-4-6-17(26-14)16(24)5-7-18(25)22-9-11-23(12-10-22)19-15(13-20)3-2-8-21-19/h2-4,6,8H,5,7,9-12H2,1H3. The van der Waals surface area contributed by atoms with Crippen LogP contribution in [0.3, 0.4) is 0 Å². The Bertz CT molecular complexity index is 847. The minimum Gasteiger partial charge on any atom is -0.352 e. The largest absolute Gasteiger partial charge is 0.352 e. The first-order chi connectivity index (χ1) is 12.6. The van der Waals surface area contributed by atoms with Crippen molar-refractivity contribution in [1.82, 2.24) is 9.88 Å². The van der Waals surface area contributed by atoms with Crippen molar-refractivity contribution in [3.05, 3.63) is 45.8 Å². The van der Waals surface area contributed by atoms with Crippen LogP contribution in [0, 0.1) is 18.3 Å². The second kappa shape index (κ2) is 8.11. The molecule has 2 aromatic rings. The number of pyridine rings is 1. The summed E-state index contributed by atoms with van der Waals surface area (Å²) in [6.45, 7) is 4.38. The predicted molar refractivity (Wildman–Crippen MR) is 100 cm³/mol. The van der Waals surface area contributed by atoms with Gasteiger partial charge in [0.25, 0.3) is 0 Å². The van der Waals surface area contributed by atoms with Crippen LogP contribution in [0.25, 0.3) is 0 Å². The second-order valence-corrected chi connectivity index (χ2v) is 7.48. The fourth-order valence-electron chi connectivity index (χ4n) is 2.99. The molecule has 26 heavy (non-hydrogen) atoms. The normalized spacial score (nSPS) is 14.2. The van der Waals surface area contributed by atoms with Gasteiger partial charge >= 0.3 is 0 Å². The van der Waals surface area contributed by atoms with Crippen LogP contribution in [0.5, 0.6) is 0 Å². The number of anilines is 1. The van der Waals surface area contributed by atoms with Crippen LogP contribution in [-0.4, -0.2) is 47.8 Å². The molecule has 2 aromatic heterocycles. The zero-order chi connectivity index (χ0) is 18.5. The number of nitrogens with zero attached hydrogens (tertiary/aromatic N) is 4. The number of aryl methyl sites for hydroxylation is 1. The van der Waals surface area contributed by atoms with E-state index in [1.807, 2.05) is 24.0 Å². The average molecular weight is 368 g/mol. The summed E-state index contributed by atoms with van der Waals surface area (Å²) in [6.07, 6.45) is 2.16. The smallest absolute Gasteiger partial charge is 0.223 e. The number of Topliss-reactive ketones (excluding diaryl/α,β-unsaturated/α-hetero) is 1. The van der Waals surface area contributed by atoms with E-state index in [1.165, 1.54) is 11.3 Å². The van der Waals surface area contributed by atoms with Gasteiger partial charge in [-0.1, -0.05) is 0 Å². The van der Waals surface area contributed by atoms with Gasteiger partial charge in [-0.2, -0.15) is 5.26 Å². The van der Waals surface area contributed by atoms with E-state index in [-0.39, 0.29) is 24.5 Å². The molecule has 3 heterocycles. The number of amides is 1. The number of ketones is 1. The summed E-state index contributed by atoms with van der Waals surface area (Å²) >= 11 is 1.47. The second-order valence-electron chi connectivity index (χ2n) is 6.19. The van der Waals surface area contributed by atoms with E-state index in [4.69, 9.17) is 0 Å². The van der Waals surface area contributed by atoms with Crippen molar-refractivity contribution < 1.29 is 9.59 Å². The fraction of sp³-hybridized carbons (Fsp3) is 0.368. The molecule has 0 spiro atoms. The van der Waals surface area contributed by atoms with E-state index < -0.39 is 0 Å². The summed E-state index contributed by atoms with van der Waals surface area (Å²) in [4.78, 5) is 34.5. The third kappa shape index (κ3) is 4.09. The zero-order valence-corrected chi connectivity index (χ0v) is 15.5. The topological polar surface area (TPSA) is 77.3 Å². The van der Waals surface area contributed by atoms with Crippen LogP contribution in [0.4, 0.5) is 5.82 Å². The summed E-state index contributed by atoms with van der Waals surface area (Å²) in [5, 5.41) is 9.19. The number of piperazine rings is 1. The van der Waals surface area contributed by atoms with Crippen LogP contribution in [-0.2, 0) is 4.79 Å². The maximum absolute atomic E-state index is 12.4. The van der Waals surface area contributed by atoms with Gasteiger partial charge in [0.05, 0.1) is 10.4 Å². The molecule has 0 aliphatic carbocycles. The Labute approximate surface area is 156 Å². The number of aromatic nitrogens is 1. The molecule has 1 aliphatic rings. The molecule has 0 saturated carbocycles. The summed E-state index contributed by atoms with van der Waals surface area (Å²) < 4.78 is 0. The van der Waals surface area contributed by atoms with Crippen molar-refractivity contribution >= 4 is 28.8 Å². The van der Waals surface area contributed by atoms with Gasteiger partial charge in [-0.25, -0.2) is 4.98 Å². The summed E-state index contributed by atoms with van der Waals surface area (Å²) in [5.74, 6) is 0.709. The van der Waals surface area contributed by atoms with E-state index in [0.717, 1.165) is 9.75 Å². The number of carbonyl (C=O) groups is 2. The Kier molecular flexibility index (Phi) is 5.64. The van der Waals surface area contributed by atoms with Crippen LogP contribution < -0.4 is 4.90 Å². The van der Waals surface area contributed by atoms with E-state index in [9.17, 15) is 14.9 Å². The molecule has 0 unspecified atom stereocenters. The number of nitriles is 1. The average Bonchev–Trinajstić information content (AvgIpc) is 3.12. The Morgan fingerprint density at radius 1 is 1.19 bits per heavy atom. The number of hydrogen-bond acceptors (Lipinski definition) is 6. The molecule has 1 amide bonds. The minimum atomic E-state index is 0.00723. The monoisotopic (exact) mass is 368 g/mol. The summed E-state index contributed by atoms with van der Waals surface area (Å²) in [6, 6.07) is 9.39. The van der Waals surface area contributed by atoms with Gasteiger partial charge in [0.1, 0.15) is 11.9 Å². The lowest BCUT2D eigenvalue weighted by Crippen LogP contribution is -2.49. The van der Waals surface area contributed by atoms with Crippen LogP contribution in [0.2, 0.25) is 0 Å². The molecule has 7 heteroatoms. The van der Waals surface area contributed by atoms with E-state index in [0.29, 0.717) is 37.6 Å². The lowest BCUT2D eigenvalue weighted by Gasteiger charge is -2.35. The highest BCUT2D eigenvalue weighted by atomic mass is 32.1. The number of thiophene rings is 1. The van der Waals surface area contributed by atoms with Crippen LogP contribution in [0.1, 0.15) is 33.0 Å². The fourth-order valence-corrected chi connectivity index (χ4v) is 3.82. The highest BCUT2D eigenvalue weighted by molar-refractivity contribution is 7.14. The predicted octanol–water partition coefficient (Wildman–Crippen LogP) is 2.63. The lowest BCUT2D eigenvalue weighted by molar-refractivity contribution is -0.131. The first-order valence-corrected chi connectivity index (χ1v) is 9.37. The van der Waals surface area contributed by atoms with E-state index in [2.05, 4.69) is 11.1 Å². The maximum atomic E-state index is 12.4. The van der Waals surface area contributed by atoms with Crippen molar-refractivity contribution in [1.29, 1.82) is 5.26 Å². The number of rotatable bonds is 5. The van der Waals surface area contributed by atoms with Gasteiger partial charge in [0, 0.05) is 50.1 Å².